The van der Waals surface area contributed by atoms with Crippen LogP contribution in [0.25, 0.3) is 0 Å². The normalized spacial score (nSPS) is 10.4. The molecule has 0 aliphatic carbocycles. The molecule has 6 nitrogen and oxygen atoms in total. The maximum atomic E-state index is 11.4. The van der Waals surface area contributed by atoms with Crippen molar-refractivity contribution in [3.05, 3.63) is 33.9 Å². The molecule has 0 atom stereocenters. The number of anilines is 1. The second-order valence-electron chi connectivity index (χ2n) is 4.96. The first-order valence-corrected chi connectivity index (χ1v) is 7.27. The standard InChI is InChI=1S/C15H22N2O4/c1-3-5-9-16(10-6-4-2)14-8-7-12(17(20)21)11-13(14)15(18)19/h7-8,11H,3-6,9-10H2,1-2H3,(H,18,19). The molecule has 21 heavy (non-hydrogen) atoms. The Hall–Kier alpha value is -2.11. The van der Waals surface area contributed by atoms with Crippen molar-refractivity contribution in [1.29, 1.82) is 0 Å². The second-order valence-corrected chi connectivity index (χ2v) is 4.96. The van der Waals surface area contributed by atoms with Gasteiger partial charge in [-0.05, 0) is 18.9 Å². The van der Waals surface area contributed by atoms with E-state index in [4.69, 9.17) is 0 Å². The summed E-state index contributed by atoms with van der Waals surface area (Å²) in [6, 6.07) is 4.06. The summed E-state index contributed by atoms with van der Waals surface area (Å²) >= 11 is 0. The Kier molecular flexibility index (Phi) is 6.65. The van der Waals surface area contributed by atoms with Crippen molar-refractivity contribution in [3.8, 4) is 0 Å². The Morgan fingerprint density at radius 3 is 2.24 bits per heavy atom. The van der Waals surface area contributed by atoms with E-state index in [1.165, 1.54) is 6.07 Å². The average Bonchev–Trinajstić information content (AvgIpc) is 2.46. The molecule has 1 rings (SSSR count). The summed E-state index contributed by atoms with van der Waals surface area (Å²) < 4.78 is 0. The van der Waals surface area contributed by atoms with Gasteiger partial charge in [0.25, 0.3) is 5.69 Å². The van der Waals surface area contributed by atoms with Crippen LogP contribution < -0.4 is 4.90 Å². The largest absolute Gasteiger partial charge is 0.478 e. The summed E-state index contributed by atoms with van der Waals surface area (Å²) in [5.74, 6) is -1.13. The van der Waals surface area contributed by atoms with Crippen molar-refractivity contribution in [2.75, 3.05) is 18.0 Å². The van der Waals surface area contributed by atoms with Crippen LogP contribution in [0.2, 0.25) is 0 Å². The van der Waals surface area contributed by atoms with E-state index in [1.54, 1.807) is 6.07 Å². The van der Waals surface area contributed by atoms with E-state index in [0.717, 1.165) is 44.8 Å². The number of unbranched alkanes of at least 4 members (excludes halogenated alkanes) is 2. The SMILES string of the molecule is CCCCN(CCCC)c1ccc([N+](=O)[O-])cc1C(=O)O. The number of nitro groups is 1. The van der Waals surface area contributed by atoms with Gasteiger partial charge in [-0.25, -0.2) is 4.79 Å². The smallest absolute Gasteiger partial charge is 0.338 e. The van der Waals surface area contributed by atoms with Gasteiger partial charge in [0, 0.05) is 25.2 Å². The van der Waals surface area contributed by atoms with Crippen LogP contribution in [0.3, 0.4) is 0 Å². The molecule has 0 aliphatic heterocycles. The number of hydrogen-bond acceptors (Lipinski definition) is 4. The fraction of sp³-hybridized carbons (Fsp3) is 0.533. The number of nitrogens with zero attached hydrogens (tertiary/aromatic N) is 2. The zero-order valence-electron chi connectivity index (χ0n) is 12.5. The van der Waals surface area contributed by atoms with Crippen molar-refractivity contribution in [2.45, 2.75) is 39.5 Å². The third-order valence-electron chi connectivity index (χ3n) is 3.33. The van der Waals surface area contributed by atoms with Crippen LogP contribution in [0.5, 0.6) is 0 Å². The number of carboxylic acids is 1. The van der Waals surface area contributed by atoms with E-state index >= 15 is 0 Å². The summed E-state index contributed by atoms with van der Waals surface area (Å²) in [5, 5.41) is 20.1. The van der Waals surface area contributed by atoms with Crippen molar-refractivity contribution in [1.82, 2.24) is 0 Å². The highest BCUT2D eigenvalue weighted by atomic mass is 16.6. The molecule has 1 N–H and O–H groups in total. The van der Waals surface area contributed by atoms with Gasteiger partial charge in [-0.1, -0.05) is 26.7 Å². The molecule has 1 aromatic rings. The van der Waals surface area contributed by atoms with Crippen LogP contribution in [0, 0.1) is 10.1 Å². The zero-order valence-corrected chi connectivity index (χ0v) is 12.5. The Bertz CT molecular complexity index is 494. The van der Waals surface area contributed by atoms with E-state index in [-0.39, 0.29) is 11.3 Å². The van der Waals surface area contributed by atoms with Gasteiger partial charge in [-0.3, -0.25) is 10.1 Å². The predicted molar refractivity (Wildman–Crippen MR) is 82.1 cm³/mol. The van der Waals surface area contributed by atoms with Crippen LogP contribution in [0.15, 0.2) is 18.2 Å². The highest BCUT2D eigenvalue weighted by Crippen LogP contribution is 2.26. The van der Waals surface area contributed by atoms with Crippen molar-refractivity contribution in [3.63, 3.8) is 0 Å². The zero-order chi connectivity index (χ0) is 15.8. The number of rotatable bonds is 9. The highest BCUT2D eigenvalue weighted by molar-refractivity contribution is 5.95. The minimum Gasteiger partial charge on any atom is -0.478 e. The Balaban J connectivity index is 3.15. The molecule has 0 heterocycles. The number of benzene rings is 1. The highest BCUT2D eigenvalue weighted by Gasteiger charge is 2.19. The number of non-ortho nitro benzene ring substituents is 1. The number of aromatic carboxylic acids is 1. The van der Waals surface area contributed by atoms with E-state index in [9.17, 15) is 20.0 Å². The van der Waals surface area contributed by atoms with Gasteiger partial charge in [-0.2, -0.15) is 0 Å². The quantitative estimate of drug-likeness (QED) is 0.554. The lowest BCUT2D eigenvalue weighted by atomic mass is 10.1. The van der Waals surface area contributed by atoms with Gasteiger partial charge in [0.2, 0.25) is 0 Å². The summed E-state index contributed by atoms with van der Waals surface area (Å²) in [4.78, 5) is 23.6. The Morgan fingerprint density at radius 2 is 1.81 bits per heavy atom. The molecular weight excluding hydrogens is 272 g/mol. The van der Waals surface area contributed by atoms with Gasteiger partial charge in [0.1, 0.15) is 0 Å². The maximum Gasteiger partial charge on any atom is 0.338 e. The van der Waals surface area contributed by atoms with Gasteiger partial charge in [-0.15, -0.1) is 0 Å². The van der Waals surface area contributed by atoms with Crippen molar-refractivity contribution in [2.24, 2.45) is 0 Å². The lowest BCUT2D eigenvalue weighted by molar-refractivity contribution is -0.384. The minimum absolute atomic E-state index is 0.00333. The molecule has 0 aromatic heterocycles. The van der Waals surface area contributed by atoms with Crippen molar-refractivity contribution >= 4 is 17.3 Å². The first-order chi connectivity index (χ1) is 10.0. The van der Waals surface area contributed by atoms with Crippen molar-refractivity contribution < 1.29 is 14.8 Å². The summed E-state index contributed by atoms with van der Waals surface area (Å²) in [6.07, 6.45) is 3.94. The van der Waals surface area contributed by atoms with Crippen LogP contribution in [-0.2, 0) is 0 Å². The lowest BCUT2D eigenvalue weighted by Crippen LogP contribution is -2.27. The molecule has 0 amide bonds. The summed E-state index contributed by atoms with van der Waals surface area (Å²) in [6.45, 7) is 5.67. The summed E-state index contributed by atoms with van der Waals surface area (Å²) in [7, 11) is 0. The first kappa shape index (κ1) is 16.9. The second kappa shape index (κ2) is 8.24. The van der Waals surface area contributed by atoms with Gasteiger partial charge < -0.3 is 10.0 Å². The van der Waals surface area contributed by atoms with Crippen LogP contribution >= 0.6 is 0 Å². The topological polar surface area (TPSA) is 83.7 Å². The number of nitro benzene ring substituents is 1. The molecule has 0 radical (unpaired) electrons. The third-order valence-corrected chi connectivity index (χ3v) is 3.33. The maximum absolute atomic E-state index is 11.4. The molecule has 0 aliphatic rings. The fourth-order valence-corrected chi connectivity index (χ4v) is 2.14. The molecule has 0 saturated heterocycles. The number of hydrogen-bond donors (Lipinski definition) is 1. The molecule has 0 bridgehead atoms. The van der Waals surface area contributed by atoms with Crippen LogP contribution in [-0.4, -0.2) is 29.1 Å². The van der Waals surface area contributed by atoms with E-state index in [2.05, 4.69) is 13.8 Å². The molecule has 0 fully saturated rings. The predicted octanol–water partition coefficient (Wildman–Crippen LogP) is 3.70. The first-order valence-electron chi connectivity index (χ1n) is 7.27. The summed E-state index contributed by atoms with van der Waals surface area (Å²) in [5.41, 5.74) is 0.369. The van der Waals surface area contributed by atoms with E-state index in [0.29, 0.717) is 5.69 Å². The Morgan fingerprint density at radius 1 is 1.24 bits per heavy atom. The third kappa shape index (κ3) is 4.73. The van der Waals surface area contributed by atoms with E-state index < -0.39 is 10.9 Å². The van der Waals surface area contributed by atoms with Gasteiger partial charge >= 0.3 is 5.97 Å². The van der Waals surface area contributed by atoms with Gasteiger partial charge in [0.15, 0.2) is 0 Å². The van der Waals surface area contributed by atoms with Gasteiger partial charge in [0.05, 0.1) is 16.2 Å². The van der Waals surface area contributed by atoms with E-state index in [1.807, 2.05) is 4.90 Å². The average molecular weight is 294 g/mol. The molecule has 6 heteroatoms. The Labute approximate surface area is 124 Å². The number of carbonyl (C=O) groups is 1. The fourth-order valence-electron chi connectivity index (χ4n) is 2.14. The van der Waals surface area contributed by atoms with Crippen LogP contribution in [0.4, 0.5) is 11.4 Å². The van der Waals surface area contributed by atoms with Crippen LogP contribution in [0.1, 0.15) is 49.9 Å². The molecule has 0 unspecified atom stereocenters. The molecule has 116 valence electrons. The monoisotopic (exact) mass is 294 g/mol. The minimum atomic E-state index is -1.13. The molecular formula is C15H22N2O4. The number of carboxylic acid groups (broad SMARTS) is 1. The molecule has 0 spiro atoms. The lowest BCUT2D eigenvalue weighted by Gasteiger charge is -2.26. The molecule has 1 aromatic carbocycles. The molecule has 0 saturated carbocycles.